The SMILES string of the molecule is CC(C)c1nncn1C(=O)N1CC2CCN(c3cc(-c4noc5c4CCC[C@@]54CCCc5sc(N)c(C#N)c54)nc(N4CCCNC(C)C4C)n3)CC2C1CC#N. The first-order valence-corrected chi connectivity index (χ1v) is 21.5. The Morgan fingerprint density at radius 1 is 1.14 bits per heavy atom. The van der Waals surface area contributed by atoms with E-state index in [0.29, 0.717) is 35.4 Å². The second kappa shape index (κ2) is 14.7. The number of fused-ring (bicyclic) bond motifs is 5. The summed E-state index contributed by atoms with van der Waals surface area (Å²) in [5.41, 5.74) is 10.2. The monoisotopic (exact) mass is 789 g/mol. The summed E-state index contributed by atoms with van der Waals surface area (Å²) < 4.78 is 8.00. The van der Waals surface area contributed by atoms with E-state index in [1.807, 2.05) is 18.7 Å². The van der Waals surface area contributed by atoms with Crippen LogP contribution in [0.4, 0.5) is 21.6 Å². The van der Waals surface area contributed by atoms with Gasteiger partial charge in [0.1, 0.15) is 40.4 Å². The Kier molecular flexibility index (Phi) is 9.68. The number of nitrogens with two attached hydrogens (primary N) is 1. The summed E-state index contributed by atoms with van der Waals surface area (Å²) in [6, 6.07) is 6.86. The lowest BCUT2D eigenvalue weighted by Crippen LogP contribution is -2.46. The number of likely N-dealkylation sites (tertiary alicyclic amines) is 1. The summed E-state index contributed by atoms with van der Waals surface area (Å²) >= 11 is 1.55. The molecule has 3 fully saturated rings. The van der Waals surface area contributed by atoms with Crippen LogP contribution in [0.25, 0.3) is 11.4 Å². The standard InChI is InChI=1S/C41H51N13O2S/c1-23(2)38-49-46-22-54(38)40(55)53-20-26-11-17-51(21-29(26)31(53)10-14-42)33-18-30(47-39(48-33)52-16-7-15-45-24(3)25(52)4)35-27-8-5-12-41(36(27)56-50-35)13-6-9-32-34(41)28(19-43)37(44)57-32/h18,22-26,29,31,45H,5-13,15-17,20-21,44H2,1-4H3/t24?,25?,26?,29?,31?,41-/m0/s1. The molecule has 3 N–H and O–H groups in total. The molecule has 57 heavy (non-hydrogen) atoms. The number of nitriles is 2. The van der Waals surface area contributed by atoms with Crippen LogP contribution in [0.3, 0.4) is 0 Å². The smallest absolute Gasteiger partial charge is 0.331 e. The highest BCUT2D eigenvalue weighted by Crippen LogP contribution is 2.55. The largest absolute Gasteiger partial charge is 0.389 e. The number of carbonyl (C=O) groups is 1. The summed E-state index contributed by atoms with van der Waals surface area (Å²) in [7, 11) is 0. The van der Waals surface area contributed by atoms with Gasteiger partial charge in [0.2, 0.25) is 5.95 Å². The lowest BCUT2D eigenvalue weighted by Gasteiger charge is -2.39. The van der Waals surface area contributed by atoms with Gasteiger partial charge in [-0.2, -0.15) is 15.5 Å². The molecule has 0 bridgehead atoms. The molecule has 0 aromatic carbocycles. The molecule has 1 amide bonds. The first kappa shape index (κ1) is 37.5. The molecular formula is C41H51N13O2S. The fourth-order valence-corrected chi connectivity index (χ4v) is 11.8. The van der Waals surface area contributed by atoms with Crippen molar-refractivity contribution in [3.8, 4) is 23.5 Å². The number of anilines is 3. The molecule has 3 aliphatic heterocycles. The number of aromatic nitrogens is 6. The van der Waals surface area contributed by atoms with Crippen LogP contribution >= 0.6 is 11.3 Å². The number of hydrogen-bond acceptors (Lipinski definition) is 14. The maximum atomic E-state index is 14.0. The predicted molar refractivity (Wildman–Crippen MR) is 216 cm³/mol. The molecule has 16 heteroatoms. The number of hydrogen-bond donors (Lipinski definition) is 2. The maximum Gasteiger partial charge on any atom is 0.331 e. The highest BCUT2D eigenvalue weighted by molar-refractivity contribution is 7.16. The number of piperidine rings is 1. The Hall–Kier alpha value is -5.06. The fraction of sp³-hybridized carbons (Fsp3) is 0.610. The van der Waals surface area contributed by atoms with Crippen molar-refractivity contribution in [2.45, 2.75) is 115 Å². The van der Waals surface area contributed by atoms with Crippen LogP contribution in [0.15, 0.2) is 16.9 Å². The average molecular weight is 790 g/mol. The molecule has 7 heterocycles. The van der Waals surface area contributed by atoms with Gasteiger partial charge in [-0.25, -0.2) is 14.3 Å². The van der Waals surface area contributed by atoms with Crippen molar-refractivity contribution >= 4 is 34.1 Å². The van der Waals surface area contributed by atoms with E-state index >= 15 is 0 Å². The van der Waals surface area contributed by atoms with Gasteiger partial charge in [-0.1, -0.05) is 19.0 Å². The van der Waals surface area contributed by atoms with E-state index < -0.39 is 5.41 Å². The van der Waals surface area contributed by atoms with Gasteiger partial charge in [0, 0.05) is 66.6 Å². The highest BCUT2D eigenvalue weighted by atomic mass is 32.1. The normalized spacial score (nSPS) is 27.1. The van der Waals surface area contributed by atoms with Gasteiger partial charge in [0.25, 0.3) is 0 Å². The molecular weight excluding hydrogens is 739 g/mol. The molecule has 9 rings (SSSR count). The van der Waals surface area contributed by atoms with Crippen molar-refractivity contribution < 1.29 is 9.32 Å². The van der Waals surface area contributed by atoms with Crippen LogP contribution in [-0.2, 0) is 18.3 Å². The van der Waals surface area contributed by atoms with Gasteiger partial charge < -0.3 is 30.3 Å². The zero-order chi connectivity index (χ0) is 39.6. The fourth-order valence-electron chi connectivity index (χ4n) is 10.6. The van der Waals surface area contributed by atoms with Crippen molar-refractivity contribution in [2.24, 2.45) is 11.8 Å². The molecule has 0 saturated carbocycles. The van der Waals surface area contributed by atoms with E-state index in [2.05, 4.69) is 57.4 Å². The molecule has 2 aliphatic carbocycles. The topological polar surface area (TPSA) is 195 Å². The Labute approximate surface area is 337 Å². The molecule has 3 saturated heterocycles. The summed E-state index contributed by atoms with van der Waals surface area (Å²) in [4.78, 5) is 32.4. The van der Waals surface area contributed by atoms with Crippen molar-refractivity contribution in [2.75, 3.05) is 48.3 Å². The number of thiophene rings is 1. The van der Waals surface area contributed by atoms with Gasteiger partial charge in [0.15, 0.2) is 5.76 Å². The minimum Gasteiger partial charge on any atom is -0.389 e. The average Bonchev–Trinajstić information content (AvgIpc) is 4.00. The molecule has 4 aromatic rings. The second-order valence-electron chi connectivity index (χ2n) is 17.1. The maximum absolute atomic E-state index is 14.0. The van der Waals surface area contributed by atoms with Gasteiger partial charge >= 0.3 is 6.03 Å². The van der Waals surface area contributed by atoms with Crippen LogP contribution < -0.4 is 20.9 Å². The van der Waals surface area contributed by atoms with Gasteiger partial charge in [0.05, 0.1) is 29.5 Å². The van der Waals surface area contributed by atoms with Crippen molar-refractivity contribution in [1.82, 2.24) is 40.1 Å². The Morgan fingerprint density at radius 2 is 1.96 bits per heavy atom. The predicted octanol–water partition coefficient (Wildman–Crippen LogP) is 5.61. The molecule has 0 radical (unpaired) electrons. The zero-order valence-corrected chi connectivity index (χ0v) is 34.1. The quantitative estimate of drug-likeness (QED) is 0.254. The van der Waals surface area contributed by atoms with Gasteiger partial charge in [-0.3, -0.25) is 0 Å². The molecule has 5 unspecified atom stereocenters. The van der Waals surface area contributed by atoms with Crippen molar-refractivity contribution in [1.29, 1.82) is 10.5 Å². The molecule has 298 valence electrons. The minimum absolute atomic E-state index is 0.0310. The van der Waals surface area contributed by atoms with E-state index in [9.17, 15) is 15.3 Å². The Balaban J connectivity index is 1.10. The first-order chi connectivity index (χ1) is 27.6. The lowest BCUT2D eigenvalue weighted by atomic mass is 9.63. The Bertz CT molecular complexity index is 2260. The first-order valence-electron chi connectivity index (χ1n) is 20.7. The van der Waals surface area contributed by atoms with Crippen LogP contribution in [-0.4, -0.2) is 91.7 Å². The highest BCUT2D eigenvalue weighted by Gasteiger charge is 2.50. The number of aryl methyl sites for hydroxylation is 1. The van der Waals surface area contributed by atoms with E-state index in [0.717, 1.165) is 105 Å². The minimum atomic E-state index is -0.434. The third kappa shape index (κ3) is 6.14. The molecule has 15 nitrogen and oxygen atoms in total. The third-order valence-electron chi connectivity index (χ3n) is 13.6. The molecule has 4 aromatic heterocycles. The van der Waals surface area contributed by atoms with Crippen LogP contribution in [0.2, 0.25) is 0 Å². The van der Waals surface area contributed by atoms with Crippen LogP contribution in [0.1, 0.15) is 112 Å². The zero-order valence-electron chi connectivity index (χ0n) is 33.2. The number of nitrogens with one attached hydrogen (secondary N) is 1. The van der Waals surface area contributed by atoms with Crippen molar-refractivity contribution in [3.63, 3.8) is 0 Å². The third-order valence-corrected chi connectivity index (χ3v) is 14.7. The molecule has 5 aliphatic rings. The van der Waals surface area contributed by atoms with E-state index in [1.54, 1.807) is 15.9 Å². The summed E-state index contributed by atoms with van der Waals surface area (Å²) in [5, 5.41) is 37.6. The number of amides is 1. The molecule has 1 spiro atoms. The second-order valence-corrected chi connectivity index (χ2v) is 18.2. The van der Waals surface area contributed by atoms with Crippen LogP contribution in [0.5, 0.6) is 0 Å². The molecule has 6 atom stereocenters. The summed E-state index contributed by atoms with van der Waals surface area (Å²) in [5.74, 6) is 3.32. The number of rotatable bonds is 5. The van der Waals surface area contributed by atoms with E-state index in [-0.39, 0.29) is 48.3 Å². The van der Waals surface area contributed by atoms with Gasteiger partial charge in [-0.15, -0.1) is 21.5 Å². The van der Waals surface area contributed by atoms with E-state index in [1.165, 1.54) is 11.2 Å². The van der Waals surface area contributed by atoms with E-state index in [4.69, 9.17) is 25.4 Å². The van der Waals surface area contributed by atoms with Crippen molar-refractivity contribution in [3.05, 3.63) is 45.5 Å². The number of nitrogens with zero attached hydrogens (tertiary/aromatic N) is 11. The number of nitrogen functional groups attached to an aromatic ring is 1. The summed E-state index contributed by atoms with van der Waals surface area (Å²) in [6.07, 6.45) is 9.01. The lowest BCUT2D eigenvalue weighted by molar-refractivity contribution is 0.187. The Morgan fingerprint density at radius 3 is 2.75 bits per heavy atom. The van der Waals surface area contributed by atoms with Gasteiger partial charge in [-0.05, 0) is 83.2 Å². The summed E-state index contributed by atoms with van der Waals surface area (Å²) in [6.45, 7) is 12.2. The number of carbonyl (C=O) groups excluding carboxylic acids is 1. The van der Waals surface area contributed by atoms with Crippen LogP contribution in [0, 0.1) is 34.5 Å².